The number of amides is 1. The Morgan fingerprint density at radius 1 is 1.50 bits per heavy atom. The van der Waals surface area contributed by atoms with Crippen LogP contribution in [0.5, 0.6) is 0 Å². The molecule has 1 amide bonds. The summed E-state index contributed by atoms with van der Waals surface area (Å²) in [5.74, 6) is 0.707. The van der Waals surface area contributed by atoms with E-state index in [0.29, 0.717) is 31.8 Å². The second-order valence-electron chi connectivity index (χ2n) is 7.34. The number of rotatable bonds is 2. The lowest BCUT2D eigenvalue weighted by molar-refractivity contribution is 0.106. The van der Waals surface area contributed by atoms with E-state index in [1.165, 1.54) is 4.90 Å². The van der Waals surface area contributed by atoms with Gasteiger partial charge in [0.1, 0.15) is 4.75 Å². The highest BCUT2D eigenvalue weighted by atomic mass is 32.2. The second-order valence-corrected chi connectivity index (χ2v) is 9.34. The zero-order valence-electron chi connectivity index (χ0n) is 14.1. The van der Waals surface area contributed by atoms with E-state index in [1.807, 2.05) is 26.8 Å². The number of amidine groups is 1. The second kappa shape index (κ2) is 6.05. The lowest BCUT2D eigenvalue weighted by Crippen LogP contribution is -2.68. The van der Waals surface area contributed by atoms with Gasteiger partial charge in [0.15, 0.2) is 5.84 Å². The third kappa shape index (κ3) is 3.15. The summed E-state index contributed by atoms with van der Waals surface area (Å²) in [4.78, 5) is 12.6. The van der Waals surface area contributed by atoms with Crippen molar-refractivity contribution in [1.29, 1.82) is 0 Å². The Kier molecular flexibility index (Phi) is 4.35. The third-order valence-corrected chi connectivity index (χ3v) is 6.23. The topological polar surface area (TPSA) is 112 Å². The normalized spacial score (nSPS) is 26.5. The number of carboxylic acid groups (broad SMARTS) is 1. The SMILES string of the molecule is CC(C)(C)[S@@+]([O-])N[C@H]1C=C2C=NN=C2NC12CCN(C(=O)O)CC2. The highest BCUT2D eigenvalue weighted by Crippen LogP contribution is 2.32. The van der Waals surface area contributed by atoms with Crippen LogP contribution in [0.3, 0.4) is 0 Å². The molecule has 24 heavy (non-hydrogen) atoms. The Morgan fingerprint density at radius 3 is 2.75 bits per heavy atom. The van der Waals surface area contributed by atoms with Gasteiger partial charge in [-0.1, -0.05) is 0 Å². The molecule has 9 heteroatoms. The fraction of sp³-hybridized carbons (Fsp3) is 0.667. The molecule has 0 aromatic heterocycles. The molecule has 8 nitrogen and oxygen atoms in total. The van der Waals surface area contributed by atoms with Gasteiger partial charge in [-0.05, 0) is 39.7 Å². The van der Waals surface area contributed by atoms with Crippen LogP contribution in [0, 0.1) is 0 Å². The van der Waals surface area contributed by atoms with Crippen molar-refractivity contribution in [3.8, 4) is 0 Å². The summed E-state index contributed by atoms with van der Waals surface area (Å²) < 4.78 is 15.4. The van der Waals surface area contributed by atoms with Gasteiger partial charge in [-0.3, -0.25) is 0 Å². The van der Waals surface area contributed by atoms with Crippen molar-refractivity contribution in [2.24, 2.45) is 10.2 Å². The predicted molar refractivity (Wildman–Crippen MR) is 93.5 cm³/mol. The molecular formula is C15H23N5O3S. The van der Waals surface area contributed by atoms with E-state index >= 15 is 0 Å². The molecule has 0 radical (unpaired) electrons. The maximum atomic E-state index is 12.6. The molecule has 0 aromatic rings. The van der Waals surface area contributed by atoms with Gasteiger partial charge in [0.2, 0.25) is 0 Å². The van der Waals surface area contributed by atoms with Crippen LogP contribution in [-0.4, -0.2) is 62.1 Å². The molecule has 0 unspecified atom stereocenters. The van der Waals surface area contributed by atoms with E-state index in [2.05, 4.69) is 20.2 Å². The minimum Gasteiger partial charge on any atom is -0.598 e. The van der Waals surface area contributed by atoms with Crippen molar-refractivity contribution >= 4 is 29.5 Å². The van der Waals surface area contributed by atoms with Crippen molar-refractivity contribution in [3.05, 3.63) is 11.6 Å². The van der Waals surface area contributed by atoms with Crippen molar-refractivity contribution in [2.45, 2.75) is 49.9 Å². The minimum atomic E-state index is -1.24. The van der Waals surface area contributed by atoms with Crippen LogP contribution in [0.2, 0.25) is 0 Å². The van der Waals surface area contributed by atoms with Gasteiger partial charge >= 0.3 is 6.09 Å². The number of hydrogen-bond acceptors (Lipinski definition) is 6. The zero-order valence-corrected chi connectivity index (χ0v) is 14.9. The first-order chi connectivity index (χ1) is 11.2. The average molecular weight is 353 g/mol. The predicted octanol–water partition coefficient (Wildman–Crippen LogP) is 0.847. The van der Waals surface area contributed by atoms with E-state index in [4.69, 9.17) is 0 Å². The zero-order chi connectivity index (χ0) is 17.5. The van der Waals surface area contributed by atoms with Crippen LogP contribution < -0.4 is 10.0 Å². The first-order valence-electron chi connectivity index (χ1n) is 7.99. The van der Waals surface area contributed by atoms with E-state index in [1.54, 1.807) is 6.21 Å². The molecular weight excluding hydrogens is 330 g/mol. The summed E-state index contributed by atoms with van der Waals surface area (Å²) in [6.45, 7) is 6.62. The van der Waals surface area contributed by atoms with E-state index < -0.39 is 23.0 Å². The van der Waals surface area contributed by atoms with Gasteiger partial charge < -0.3 is 19.9 Å². The van der Waals surface area contributed by atoms with E-state index in [9.17, 15) is 14.5 Å². The molecule has 0 saturated carbocycles. The van der Waals surface area contributed by atoms with Gasteiger partial charge in [0.25, 0.3) is 0 Å². The monoisotopic (exact) mass is 353 g/mol. The molecule has 0 bridgehead atoms. The highest BCUT2D eigenvalue weighted by molar-refractivity contribution is 7.90. The summed E-state index contributed by atoms with van der Waals surface area (Å²) in [5, 5.41) is 20.6. The minimum absolute atomic E-state index is 0.188. The Balaban J connectivity index is 1.84. The van der Waals surface area contributed by atoms with Crippen LogP contribution in [0.1, 0.15) is 33.6 Å². The quantitative estimate of drug-likeness (QED) is 0.637. The third-order valence-electron chi connectivity index (χ3n) is 4.65. The number of fused-ring (bicyclic) bond motifs is 1. The number of likely N-dealkylation sites (tertiary alicyclic amines) is 1. The largest absolute Gasteiger partial charge is 0.598 e. The molecule has 1 spiro atoms. The fourth-order valence-electron chi connectivity index (χ4n) is 3.11. The summed E-state index contributed by atoms with van der Waals surface area (Å²) >= 11 is -1.24. The van der Waals surface area contributed by atoms with Gasteiger partial charge in [-0.15, -0.1) is 9.82 Å². The molecule has 3 N–H and O–H groups in total. The van der Waals surface area contributed by atoms with E-state index in [0.717, 1.165) is 5.57 Å². The average Bonchev–Trinajstić information content (AvgIpc) is 2.94. The summed E-state index contributed by atoms with van der Waals surface area (Å²) in [5.41, 5.74) is 0.466. The summed E-state index contributed by atoms with van der Waals surface area (Å²) in [6, 6.07) is -0.188. The van der Waals surface area contributed by atoms with Crippen LogP contribution in [0.15, 0.2) is 21.9 Å². The molecule has 2 atom stereocenters. The molecule has 3 aliphatic rings. The highest BCUT2D eigenvalue weighted by Gasteiger charge is 2.48. The number of nitrogens with zero attached hydrogens (tertiary/aromatic N) is 3. The summed E-state index contributed by atoms with van der Waals surface area (Å²) in [6.07, 6.45) is 4.01. The van der Waals surface area contributed by atoms with Gasteiger partial charge in [0, 0.05) is 30.0 Å². The van der Waals surface area contributed by atoms with Crippen molar-refractivity contribution in [3.63, 3.8) is 0 Å². The number of piperidine rings is 1. The molecule has 132 valence electrons. The van der Waals surface area contributed by atoms with Crippen LogP contribution in [-0.2, 0) is 11.4 Å². The Morgan fingerprint density at radius 2 is 2.17 bits per heavy atom. The lowest BCUT2D eigenvalue weighted by atomic mass is 9.78. The fourth-order valence-corrected chi connectivity index (χ4v) is 3.99. The molecule has 3 aliphatic heterocycles. The molecule has 1 saturated heterocycles. The first-order valence-corrected chi connectivity index (χ1v) is 9.14. The molecule has 0 aliphatic carbocycles. The van der Waals surface area contributed by atoms with E-state index in [-0.39, 0.29) is 10.8 Å². The maximum absolute atomic E-state index is 12.6. The van der Waals surface area contributed by atoms with Crippen LogP contribution in [0.4, 0.5) is 4.79 Å². The smallest absolute Gasteiger partial charge is 0.407 e. The number of carbonyl (C=O) groups is 1. The van der Waals surface area contributed by atoms with Gasteiger partial charge in [-0.25, -0.2) is 4.79 Å². The van der Waals surface area contributed by atoms with Crippen molar-refractivity contribution in [1.82, 2.24) is 14.9 Å². The van der Waals surface area contributed by atoms with Crippen molar-refractivity contribution < 1.29 is 14.5 Å². The van der Waals surface area contributed by atoms with Crippen molar-refractivity contribution in [2.75, 3.05) is 13.1 Å². The molecule has 3 rings (SSSR count). The Bertz CT molecular complexity index is 617. The maximum Gasteiger partial charge on any atom is 0.407 e. The Hall–Kier alpha value is -1.58. The molecule has 3 heterocycles. The van der Waals surface area contributed by atoms with Crippen LogP contribution in [0.25, 0.3) is 0 Å². The van der Waals surface area contributed by atoms with Crippen LogP contribution >= 0.6 is 0 Å². The van der Waals surface area contributed by atoms with Gasteiger partial charge in [0.05, 0.1) is 17.8 Å². The summed E-state index contributed by atoms with van der Waals surface area (Å²) in [7, 11) is 0. The molecule has 1 fully saturated rings. The molecule has 0 aromatic carbocycles. The Labute approximate surface area is 144 Å². The standard InChI is InChI=1S/C15H23N5O3S/c1-14(2,3)24(23)19-11-8-10-9-16-18-12(10)17-15(11)4-6-20(7-5-15)13(21)22/h8-9,11,19H,4-7H2,1-3H3,(H,17,18)(H,21,22)/t11-,24+/m0/s1. The number of hydrogen-bond donors (Lipinski definition) is 3. The lowest BCUT2D eigenvalue weighted by Gasteiger charge is -2.48. The van der Waals surface area contributed by atoms with Gasteiger partial charge in [-0.2, -0.15) is 5.10 Å². The first kappa shape index (κ1) is 17.2. The number of nitrogens with one attached hydrogen (secondary N) is 2.